The second-order valence-electron chi connectivity index (χ2n) is 4.11. The van der Waals surface area contributed by atoms with Crippen LogP contribution in [0.3, 0.4) is 0 Å². The number of hydrogen-bond acceptors (Lipinski definition) is 1. The molecule has 0 bridgehead atoms. The van der Waals surface area contributed by atoms with Crippen molar-refractivity contribution >= 4 is 22.9 Å². The van der Waals surface area contributed by atoms with Crippen molar-refractivity contribution < 1.29 is 0 Å². The van der Waals surface area contributed by atoms with Crippen LogP contribution in [0.4, 0.5) is 0 Å². The largest absolute Gasteiger partial charge is 0.149 e. The Morgan fingerprint density at radius 3 is 2.75 bits per heavy atom. The van der Waals surface area contributed by atoms with Crippen LogP contribution in [0.1, 0.15) is 26.9 Å². The predicted molar refractivity (Wildman–Crippen MR) is 72.5 cm³/mol. The highest BCUT2D eigenvalue weighted by atomic mass is 35.5. The van der Waals surface area contributed by atoms with Gasteiger partial charge in [-0.15, -0.1) is 22.9 Å². The molecule has 0 aliphatic heterocycles. The normalized spacial score (nSPS) is 12.7. The van der Waals surface area contributed by atoms with Gasteiger partial charge in [0.1, 0.15) is 0 Å². The quantitative estimate of drug-likeness (QED) is 0.681. The Bertz CT molecular complexity index is 460. The molecule has 84 valence electrons. The molecule has 0 radical (unpaired) electrons. The van der Waals surface area contributed by atoms with E-state index < -0.39 is 0 Å². The van der Waals surface area contributed by atoms with Crippen molar-refractivity contribution in [3.63, 3.8) is 0 Å². The monoisotopic (exact) mass is 250 g/mol. The molecule has 1 atom stereocenters. The van der Waals surface area contributed by atoms with Gasteiger partial charge in [-0.2, -0.15) is 0 Å². The summed E-state index contributed by atoms with van der Waals surface area (Å²) in [5.41, 5.74) is 3.81. The molecule has 1 aromatic carbocycles. The zero-order chi connectivity index (χ0) is 11.5. The highest BCUT2D eigenvalue weighted by Crippen LogP contribution is 2.29. The van der Waals surface area contributed by atoms with Crippen molar-refractivity contribution in [3.05, 3.63) is 57.3 Å². The number of thiophene rings is 1. The minimum atomic E-state index is 0.0820. The first-order chi connectivity index (χ1) is 7.66. The first kappa shape index (κ1) is 11.7. The molecule has 2 aromatic rings. The Morgan fingerprint density at radius 1 is 1.25 bits per heavy atom. The summed E-state index contributed by atoms with van der Waals surface area (Å²) < 4.78 is 0. The van der Waals surface area contributed by atoms with E-state index in [-0.39, 0.29) is 5.38 Å². The number of rotatable bonds is 3. The third kappa shape index (κ3) is 2.66. The standard InChI is InChI=1S/C14H15ClS/c1-10-5-6-11(2)13(8-10)14(15)9-12-4-3-7-16-12/h3-8,14H,9H2,1-2H3. The Morgan fingerprint density at radius 2 is 2.06 bits per heavy atom. The molecular weight excluding hydrogens is 236 g/mol. The van der Waals surface area contributed by atoms with Crippen molar-refractivity contribution in [3.8, 4) is 0 Å². The molecule has 1 heterocycles. The third-order valence-electron chi connectivity index (χ3n) is 2.73. The first-order valence-electron chi connectivity index (χ1n) is 5.40. The van der Waals surface area contributed by atoms with Crippen molar-refractivity contribution in [1.82, 2.24) is 0 Å². The second kappa shape index (κ2) is 5.03. The SMILES string of the molecule is Cc1ccc(C)c(C(Cl)Cc2cccs2)c1. The minimum absolute atomic E-state index is 0.0820. The zero-order valence-corrected chi connectivity index (χ0v) is 11.1. The van der Waals surface area contributed by atoms with Gasteiger partial charge in [0.25, 0.3) is 0 Å². The molecular formula is C14H15ClS. The number of alkyl halides is 1. The van der Waals surface area contributed by atoms with E-state index in [9.17, 15) is 0 Å². The maximum Gasteiger partial charge on any atom is 0.0636 e. The van der Waals surface area contributed by atoms with E-state index in [1.165, 1.54) is 21.6 Å². The maximum absolute atomic E-state index is 6.48. The molecule has 0 amide bonds. The minimum Gasteiger partial charge on any atom is -0.149 e. The lowest BCUT2D eigenvalue weighted by molar-refractivity contribution is 0.924. The molecule has 0 aliphatic carbocycles. The third-order valence-corrected chi connectivity index (χ3v) is 4.02. The number of halogens is 1. The van der Waals surface area contributed by atoms with Gasteiger partial charge in [-0.25, -0.2) is 0 Å². The second-order valence-corrected chi connectivity index (χ2v) is 5.67. The van der Waals surface area contributed by atoms with E-state index in [1.807, 2.05) is 0 Å². The molecule has 2 rings (SSSR count). The van der Waals surface area contributed by atoms with Gasteiger partial charge >= 0.3 is 0 Å². The summed E-state index contributed by atoms with van der Waals surface area (Å²) in [5.74, 6) is 0. The highest BCUT2D eigenvalue weighted by Gasteiger charge is 2.12. The van der Waals surface area contributed by atoms with Gasteiger partial charge < -0.3 is 0 Å². The van der Waals surface area contributed by atoms with E-state index in [2.05, 4.69) is 49.6 Å². The van der Waals surface area contributed by atoms with Crippen LogP contribution in [0.2, 0.25) is 0 Å². The molecule has 0 fully saturated rings. The lowest BCUT2D eigenvalue weighted by Crippen LogP contribution is -1.97. The average molecular weight is 251 g/mol. The molecule has 1 aromatic heterocycles. The number of benzene rings is 1. The molecule has 2 heteroatoms. The van der Waals surface area contributed by atoms with Gasteiger partial charge in [0, 0.05) is 11.3 Å². The summed E-state index contributed by atoms with van der Waals surface area (Å²) in [6.07, 6.45) is 0.920. The van der Waals surface area contributed by atoms with Crippen LogP contribution in [0, 0.1) is 13.8 Å². The summed E-state index contributed by atoms with van der Waals surface area (Å²) >= 11 is 8.25. The fourth-order valence-electron chi connectivity index (χ4n) is 1.81. The van der Waals surface area contributed by atoms with Crippen LogP contribution in [0.25, 0.3) is 0 Å². The van der Waals surface area contributed by atoms with Crippen molar-refractivity contribution in [2.45, 2.75) is 25.6 Å². The van der Waals surface area contributed by atoms with Gasteiger partial charge in [0.15, 0.2) is 0 Å². The number of aryl methyl sites for hydroxylation is 2. The Hall–Kier alpha value is -0.790. The van der Waals surface area contributed by atoms with E-state index >= 15 is 0 Å². The van der Waals surface area contributed by atoms with Crippen LogP contribution in [-0.4, -0.2) is 0 Å². The fourth-order valence-corrected chi connectivity index (χ4v) is 3.06. The molecule has 0 spiro atoms. The first-order valence-corrected chi connectivity index (χ1v) is 6.72. The Labute approximate surface area is 106 Å². The zero-order valence-electron chi connectivity index (χ0n) is 9.53. The summed E-state index contributed by atoms with van der Waals surface area (Å²) in [6, 6.07) is 10.7. The van der Waals surface area contributed by atoms with Crippen molar-refractivity contribution in [1.29, 1.82) is 0 Å². The molecule has 1 unspecified atom stereocenters. The topological polar surface area (TPSA) is 0 Å². The van der Waals surface area contributed by atoms with Crippen LogP contribution >= 0.6 is 22.9 Å². The van der Waals surface area contributed by atoms with Crippen LogP contribution < -0.4 is 0 Å². The maximum atomic E-state index is 6.48. The molecule has 16 heavy (non-hydrogen) atoms. The van der Waals surface area contributed by atoms with Crippen LogP contribution in [0.5, 0.6) is 0 Å². The van der Waals surface area contributed by atoms with E-state index in [0.717, 1.165) is 6.42 Å². The van der Waals surface area contributed by atoms with Crippen LogP contribution in [0.15, 0.2) is 35.7 Å². The van der Waals surface area contributed by atoms with Gasteiger partial charge in [0.05, 0.1) is 5.38 Å². The van der Waals surface area contributed by atoms with Gasteiger partial charge in [-0.05, 0) is 36.4 Å². The lowest BCUT2D eigenvalue weighted by atomic mass is 10.0. The average Bonchev–Trinajstić information content (AvgIpc) is 2.74. The smallest absolute Gasteiger partial charge is 0.0636 e. The summed E-state index contributed by atoms with van der Waals surface area (Å²) in [4.78, 5) is 1.35. The summed E-state index contributed by atoms with van der Waals surface area (Å²) in [5, 5.41) is 2.18. The fraction of sp³-hybridized carbons (Fsp3) is 0.286. The molecule has 0 N–H and O–H groups in total. The summed E-state index contributed by atoms with van der Waals surface area (Å²) in [7, 11) is 0. The van der Waals surface area contributed by atoms with Crippen molar-refractivity contribution in [2.75, 3.05) is 0 Å². The van der Waals surface area contributed by atoms with Crippen LogP contribution in [-0.2, 0) is 6.42 Å². The molecule has 0 aliphatic rings. The number of hydrogen-bond donors (Lipinski definition) is 0. The molecule has 0 saturated heterocycles. The summed E-state index contributed by atoms with van der Waals surface area (Å²) in [6.45, 7) is 4.23. The van der Waals surface area contributed by atoms with E-state index in [0.29, 0.717) is 0 Å². The van der Waals surface area contributed by atoms with Gasteiger partial charge in [-0.1, -0.05) is 29.8 Å². The van der Waals surface area contributed by atoms with Crippen molar-refractivity contribution in [2.24, 2.45) is 0 Å². The molecule has 0 nitrogen and oxygen atoms in total. The van der Waals surface area contributed by atoms with Gasteiger partial charge in [0.2, 0.25) is 0 Å². The predicted octanol–water partition coefficient (Wildman–Crippen LogP) is 4.89. The van der Waals surface area contributed by atoms with Gasteiger partial charge in [-0.3, -0.25) is 0 Å². The Balaban J connectivity index is 2.20. The van der Waals surface area contributed by atoms with E-state index in [1.54, 1.807) is 11.3 Å². The lowest BCUT2D eigenvalue weighted by Gasteiger charge is -2.12. The highest BCUT2D eigenvalue weighted by molar-refractivity contribution is 7.09. The molecule has 0 saturated carbocycles. The Kier molecular flexibility index (Phi) is 3.67. The van der Waals surface area contributed by atoms with E-state index in [4.69, 9.17) is 11.6 Å².